The van der Waals surface area contributed by atoms with E-state index in [-0.39, 0.29) is 46.4 Å². The van der Waals surface area contributed by atoms with Crippen molar-refractivity contribution >= 4 is 5.78 Å². The van der Waals surface area contributed by atoms with Crippen LogP contribution in [0.15, 0.2) is 60.7 Å². The number of hydrogen-bond donors (Lipinski definition) is 0. The monoisotopic (exact) mass is 198 g/mol. The van der Waals surface area contributed by atoms with Crippen molar-refractivity contribution in [2.24, 2.45) is 0 Å². The van der Waals surface area contributed by atoms with Crippen molar-refractivity contribution in [1.82, 2.24) is 0 Å². The smallest absolute Gasteiger partial charge is 1.00 e. The molecule has 0 saturated heterocycles. The first-order valence-corrected chi connectivity index (χ1v) is 4.53. The Bertz CT molecular complexity index is 394. The quantitative estimate of drug-likeness (QED) is 0.375. The maximum Gasteiger partial charge on any atom is 1.00 e. The van der Waals surface area contributed by atoms with Gasteiger partial charge in [-0.15, -0.1) is 0 Å². The fourth-order valence-electron chi connectivity index (χ4n) is 1.35. The van der Waals surface area contributed by atoms with Gasteiger partial charge in [-0.25, -0.2) is 0 Å². The molecule has 0 bridgehead atoms. The summed E-state index contributed by atoms with van der Waals surface area (Å²) in [5.74, 6) is 0.0752. The van der Waals surface area contributed by atoms with Gasteiger partial charge in [0.25, 0.3) is 0 Å². The molecule has 1 nitrogen and oxygen atoms in total. The molecule has 0 saturated carbocycles. The predicted octanol–water partition coefficient (Wildman–Crippen LogP) is -2.85. The van der Waals surface area contributed by atoms with Crippen molar-refractivity contribution in [3.8, 4) is 0 Å². The minimum absolute atomic E-state index is 0. The Kier molecular flexibility index (Phi) is 7.23. The first-order chi connectivity index (χ1) is 6.88. The average molecular weight is 198 g/mol. The fourth-order valence-corrected chi connectivity index (χ4v) is 1.35. The van der Waals surface area contributed by atoms with Gasteiger partial charge in [0.1, 0.15) is 0 Å². The SMILES string of the molecule is O=C(c1ccccc1)c1ccccc1.[H-].[H-].[Li+].[Li+]. The Morgan fingerprint density at radius 2 is 1.00 bits per heavy atom. The van der Waals surface area contributed by atoms with Gasteiger partial charge in [-0.2, -0.15) is 0 Å². The summed E-state index contributed by atoms with van der Waals surface area (Å²) in [5.41, 5.74) is 1.47. The summed E-state index contributed by atoms with van der Waals surface area (Å²) in [6.07, 6.45) is 0. The van der Waals surface area contributed by atoms with Gasteiger partial charge in [-0.3, -0.25) is 4.79 Å². The Morgan fingerprint density at radius 1 is 0.688 bits per heavy atom. The molecule has 2 rings (SSSR count). The zero-order valence-electron chi connectivity index (χ0n) is 11.7. The van der Waals surface area contributed by atoms with Crippen molar-refractivity contribution in [2.75, 3.05) is 0 Å². The maximum atomic E-state index is 11.8. The zero-order valence-corrected chi connectivity index (χ0v) is 9.68. The Balaban J connectivity index is -0.000000562. The van der Waals surface area contributed by atoms with E-state index in [9.17, 15) is 4.79 Å². The van der Waals surface area contributed by atoms with Crippen molar-refractivity contribution in [3.05, 3.63) is 71.8 Å². The Morgan fingerprint density at radius 3 is 1.31 bits per heavy atom. The second-order valence-corrected chi connectivity index (χ2v) is 3.06. The van der Waals surface area contributed by atoms with E-state index in [1.54, 1.807) is 0 Å². The standard InChI is InChI=1S/C13H10O.2Li.2H/c14-13(11-7-3-1-4-8-11)12-9-5-2-6-10-12;;;;/h1-10H;;;;/q;2*+1;2*-1. The molecule has 16 heavy (non-hydrogen) atoms. The molecule has 0 aliphatic heterocycles. The van der Waals surface area contributed by atoms with Crippen LogP contribution < -0.4 is 37.7 Å². The molecular weight excluding hydrogens is 186 g/mol. The van der Waals surface area contributed by atoms with Gasteiger partial charge < -0.3 is 2.85 Å². The van der Waals surface area contributed by atoms with Crippen LogP contribution >= 0.6 is 0 Å². The molecule has 0 aliphatic rings. The van der Waals surface area contributed by atoms with E-state index >= 15 is 0 Å². The molecule has 3 heteroatoms. The zero-order chi connectivity index (χ0) is 9.80. The second kappa shape index (κ2) is 7.56. The predicted molar refractivity (Wildman–Crippen MR) is 58.5 cm³/mol. The minimum atomic E-state index is 0. The van der Waals surface area contributed by atoms with Crippen molar-refractivity contribution in [2.45, 2.75) is 0 Å². The van der Waals surface area contributed by atoms with Gasteiger partial charge >= 0.3 is 37.7 Å². The van der Waals surface area contributed by atoms with Crippen LogP contribution in [0.1, 0.15) is 18.8 Å². The van der Waals surface area contributed by atoms with E-state index in [0.29, 0.717) is 0 Å². The molecule has 0 aromatic heterocycles. The molecule has 0 aliphatic carbocycles. The normalized spacial score (nSPS) is 8.50. The van der Waals surface area contributed by atoms with E-state index < -0.39 is 0 Å². The van der Waals surface area contributed by atoms with Crippen LogP contribution in [-0.2, 0) is 0 Å². The topological polar surface area (TPSA) is 17.1 Å². The van der Waals surface area contributed by atoms with Gasteiger partial charge in [-0.05, 0) is 0 Å². The van der Waals surface area contributed by atoms with Crippen molar-refractivity contribution in [3.63, 3.8) is 0 Å². The number of carbonyl (C=O) groups excluding carboxylic acids is 1. The molecule has 0 spiro atoms. The van der Waals surface area contributed by atoms with Crippen LogP contribution in [0, 0.1) is 0 Å². The molecule has 0 unspecified atom stereocenters. The van der Waals surface area contributed by atoms with Gasteiger partial charge in [0.05, 0.1) is 0 Å². The second-order valence-electron chi connectivity index (χ2n) is 3.06. The van der Waals surface area contributed by atoms with Crippen molar-refractivity contribution in [1.29, 1.82) is 0 Å². The number of hydrogen-bond acceptors (Lipinski definition) is 1. The van der Waals surface area contributed by atoms with E-state index in [0.717, 1.165) is 11.1 Å². The molecule has 2 aromatic rings. The molecule has 0 N–H and O–H groups in total. The number of ketones is 1. The van der Waals surface area contributed by atoms with E-state index in [1.807, 2.05) is 60.7 Å². The first kappa shape index (κ1) is 15.3. The Labute approximate surface area is 123 Å². The molecule has 0 fully saturated rings. The van der Waals surface area contributed by atoms with Gasteiger partial charge in [0.2, 0.25) is 0 Å². The molecule has 2 aromatic carbocycles. The van der Waals surface area contributed by atoms with Crippen LogP contribution in [-0.4, -0.2) is 5.78 Å². The summed E-state index contributed by atoms with van der Waals surface area (Å²) < 4.78 is 0. The fraction of sp³-hybridized carbons (Fsp3) is 0. The molecule has 72 valence electrons. The van der Waals surface area contributed by atoms with Gasteiger partial charge in [-0.1, -0.05) is 60.7 Å². The van der Waals surface area contributed by atoms with E-state index in [2.05, 4.69) is 0 Å². The first-order valence-electron chi connectivity index (χ1n) is 4.53. The van der Waals surface area contributed by atoms with E-state index in [1.165, 1.54) is 0 Å². The summed E-state index contributed by atoms with van der Waals surface area (Å²) >= 11 is 0. The van der Waals surface area contributed by atoms with Crippen LogP contribution in [0.4, 0.5) is 0 Å². The molecule has 0 amide bonds. The minimum Gasteiger partial charge on any atom is -1.00 e. The third kappa shape index (κ3) is 3.71. The maximum absolute atomic E-state index is 11.8. The van der Waals surface area contributed by atoms with Gasteiger partial charge in [0.15, 0.2) is 5.78 Å². The average Bonchev–Trinajstić information content (AvgIpc) is 2.30. The number of carbonyl (C=O) groups is 1. The van der Waals surface area contributed by atoms with Crippen LogP contribution in [0.3, 0.4) is 0 Å². The molecule has 0 radical (unpaired) electrons. The molecular formula is C13H12Li2O. The van der Waals surface area contributed by atoms with Gasteiger partial charge in [0, 0.05) is 11.1 Å². The summed E-state index contributed by atoms with van der Waals surface area (Å²) in [6.45, 7) is 0. The molecule has 0 heterocycles. The number of rotatable bonds is 2. The van der Waals surface area contributed by atoms with Crippen LogP contribution in [0.5, 0.6) is 0 Å². The third-order valence-electron chi connectivity index (χ3n) is 2.07. The van der Waals surface area contributed by atoms with Crippen LogP contribution in [0.2, 0.25) is 0 Å². The summed E-state index contributed by atoms with van der Waals surface area (Å²) in [6, 6.07) is 18.6. The third-order valence-corrected chi connectivity index (χ3v) is 2.07. The number of benzene rings is 2. The van der Waals surface area contributed by atoms with Crippen molar-refractivity contribution < 1.29 is 45.4 Å². The molecule has 0 atom stereocenters. The van der Waals surface area contributed by atoms with E-state index in [4.69, 9.17) is 0 Å². The summed E-state index contributed by atoms with van der Waals surface area (Å²) in [4.78, 5) is 11.8. The Hall–Kier alpha value is -0.695. The summed E-state index contributed by atoms with van der Waals surface area (Å²) in [5, 5.41) is 0. The van der Waals surface area contributed by atoms with Crippen LogP contribution in [0.25, 0.3) is 0 Å². The summed E-state index contributed by atoms with van der Waals surface area (Å²) in [7, 11) is 0. The largest absolute Gasteiger partial charge is 1.00 e.